The Kier molecular flexibility index (Phi) is 4.30. The Morgan fingerprint density at radius 1 is 0.350 bits per heavy atom. The standard InChI is InChI=1S/C36H22N4/c1-3-11-25-23(9-1)19-37-21-33(25)39-29-15-7-5-13-27(29)35-31(39)17-18-32-36(35)28-14-6-8-16-30(28)40(32)34-22-38-20-24-10-2-4-12-26(24)34/h1-22H. The van der Waals surface area contributed by atoms with Crippen molar-refractivity contribution >= 4 is 65.2 Å². The topological polar surface area (TPSA) is 35.6 Å². The number of nitrogens with zero attached hydrogens (tertiary/aromatic N) is 4. The van der Waals surface area contributed by atoms with Crippen molar-refractivity contribution in [3.8, 4) is 11.4 Å². The molecule has 0 aliphatic heterocycles. The molecule has 0 atom stereocenters. The maximum atomic E-state index is 4.64. The Hall–Kier alpha value is -5.48. The molecule has 0 aliphatic carbocycles. The minimum Gasteiger partial charge on any atom is -0.307 e. The van der Waals surface area contributed by atoms with Crippen LogP contribution in [0.2, 0.25) is 0 Å². The van der Waals surface area contributed by atoms with Gasteiger partial charge in [-0.25, -0.2) is 0 Å². The molecule has 0 bridgehead atoms. The summed E-state index contributed by atoms with van der Waals surface area (Å²) in [6.45, 7) is 0. The average Bonchev–Trinajstić information content (AvgIpc) is 3.53. The largest absolute Gasteiger partial charge is 0.307 e. The zero-order valence-corrected chi connectivity index (χ0v) is 21.5. The zero-order chi connectivity index (χ0) is 26.2. The molecule has 0 saturated heterocycles. The molecule has 4 nitrogen and oxygen atoms in total. The van der Waals surface area contributed by atoms with E-state index in [0.29, 0.717) is 0 Å². The van der Waals surface area contributed by atoms with E-state index in [-0.39, 0.29) is 0 Å². The van der Waals surface area contributed by atoms with Gasteiger partial charge in [-0.1, -0.05) is 84.9 Å². The van der Waals surface area contributed by atoms with Gasteiger partial charge in [0.05, 0.1) is 45.8 Å². The molecule has 9 aromatic rings. The van der Waals surface area contributed by atoms with Crippen LogP contribution in [-0.2, 0) is 0 Å². The first-order valence-corrected chi connectivity index (χ1v) is 13.5. The summed E-state index contributed by atoms with van der Waals surface area (Å²) in [6.07, 6.45) is 7.86. The van der Waals surface area contributed by atoms with Gasteiger partial charge < -0.3 is 9.13 Å². The molecule has 0 aliphatic rings. The second kappa shape index (κ2) is 8.01. The molecule has 0 spiro atoms. The summed E-state index contributed by atoms with van der Waals surface area (Å²) in [5, 5.41) is 9.60. The van der Waals surface area contributed by atoms with Crippen LogP contribution in [0.4, 0.5) is 0 Å². The predicted molar refractivity (Wildman–Crippen MR) is 166 cm³/mol. The Labute approximate surface area is 229 Å². The number of pyridine rings is 2. The van der Waals surface area contributed by atoms with Crippen molar-refractivity contribution in [3.63, 3.8) is 0 Å². The number of benzene rings is 5. The van der Waals surface area contributed by atoms with E-state index >= 15 is 0 Å². The van der Waals surface area contributed by atoms with E-state index in [9.17, 15) is 0 Å². The maximum absolute atomic E-state index is 4.64. The quantitative estimate of drug-likeness (QED) is 0.233. The van der Waals surface area contributed by atoms with E-state index in [1.54, 1.807) is 0 Å². The van der Waals surface area contributed by atoms with Crippen LogP contribution in [0.3, 0.4) is 0 Å². The highest BCUT2D eigenvalue weighted by atomic mass is 15.0. The number of aromatic nitrogens is 4. The lowest BCUT2D eigenvalue weighted by Gasteiger charge is -2.12. The van der Waals surface area contributed by atoms with E-state index in [0.717, 1.165) is 22.1 Å². The highest BCUT2D eigenvalue weighted by Crippen LogP contribution is 2.43. The fraction of sp³-hybridized carbons (Fsp3) is 0. The number of para-hydroxylation sites is 2. The van der Waals surface area contributed by atoms with Gasteiger partial charge in [-0.05, 0) is 24.3 Å². The zero-order valence-electron chi connectivity index (χ0n) is 21.5. The first-order valence-electron chi connectivity index (χ1n) is 13.5. The van der Waals surface area contributed by atoms with Crippen molar-refractivity contribution in [2.24, 2.45) is 0 Å². The van der Waals surface area contributed by atoms with Crippen LogP contribution in [0.1, 0.15) is 0 Å². The Bertz CT molecular complexity index is 2260. The van der Waals surface area contributed by atoms with Crippen molar-refractivity contribution in [1.29, 1.82) is 0 Å². The molecular weight excluding hydrogens is 488 g/mol. The van der Waals surface area contributed by atoms with Gasteiger partial charge in [-0.2, -0.15) is 0 Å². The van der Waals surface area contributed by atoms with Crippen LogP contribution in [0.5, 0.6) is 0 Å². The van der Waals surface area contributed by atoms with Crippen molar-refractivity contribution < 1.29 is 0 Å². The van der Waals surface area contributed by atoms with Crippen LogP contribution in [0.15, 0.2) is 134 Å². The second-order valence-electron chi connectivity index (χ2n) is 10.3. The van der Waals surface area contributed by atoms with E-state index in [1.807, 2.05) is 24.8 Å². The summed E-state index contributed by atoms with van der Waals surface area (Å²) >= 11 is 0. The van der Waals surface area contributed by atoms with Crippen LogP contribution < -0.4 is 0 Å². The Morgan fingerprint density at radius 2 is 0.750 bits per heavy atom. The second-order valence-corrected chi connectivity index (χ2v) is 10.3. The van der Waals surface area contributed by atoms with Gasteiger partial charge in [-0.15, -0.1) is 0 Å². The molecule has 186 valence electrons. The van der Waals surface area contributed by atoms with E-state index in [2.05, 4.69) is 128 Å². The van der Waals surface area contributed by atoms with E-state index in [4.69, 9.17) is 0 Å². The number of hydrogen-bond donors (Lipinski definition) is 0. The van der Waals surface area contributed by atoms with Crippen molar-refractivity contribution in [3.05, 3.63) is 134 Å². The molecule has 4 aromatic heterocycles. The number of fused-ring (bicyclic) bond motifs is 9. The fourth-order valence-electron chi connectivity index (χ4n) is 6.59. The maximum Gasteiger partial charge on any atom is 0.0723 e. The smallest absolute Gasteiger partial charge is 0.0723 e. The van der Waals surface area contributed by atoms with Crippen LogP contribution in [-0.4, -0.2) is 19.1 Å². The highest BCUT2D eigenvalue weighted by Gasteiger charge is 2.21. The molecule has 0 saturated carbocycles. The van der Waals surface area contributed by atoms with Gasteiger partial charge in [0.25, 0.3) is 0 Å². The summed E-state index contributed by atoms with van der Waals surface area (Å²) in [5.41, 5.74) is 6.87. The number of hydrogen-bond acceptors (Lipinski definition) is 2. The normalized spacial score (nSPS) is 12.0. The molecule has 0 fully saturated rings. The summed E-state index contributed by atoms with van der Waals surface area (Å²) in [4.78, 5) is 9.27. The van der Waals surface area contributed by atoms with Crippen molar-refractivity contribution in [2.45, 2.75) is 0 Å². The fourth-order valence-corrected chi connectivity index (χ4v) is 6.59. The Balaban J connectivity index is 1.50. The molecule has 4 heteroatoms. The minimum atomic E-state index is 1.09. The summed E-state index contributed by atoms with van der Waals surface area (Å²) in [7, 11) is 0. The minimum absolute atomic E-state index is 1.09. The van der Waals surface area contributed by atoms with Gasteiger partial charge in [0.2, 0.25) is 0 Å². The summed E-state index contributed by atoms with van der Waals surface area (Å²) < 4.78 is 4.76. The predicted octanol–water partition coefficient (Wildman–Crippen LogP) is 8.98. The van der Waals surface area contributed by atoms with Crippen LogP contribution in [0.25, 0.3) is 76.5 Å². The first-order chi connectivity index (χ1) is 19.9. The highest BCUT2D eigenvalue weighted by molar-refractivity contribution is 6.29. The van der Waals surface area contributed by atoms with Gasteiger partial charge in [-0.3, -0.25) is 9.97 Å². The molecule has 9 rings (SSSR count). The third kappa shape index (κ3) is 2.79. The molecule has 40 heavy (non-hydrogen) atoms. The van der Waals surface area contributed by atoms with E-state index in [1.165, 1.54) is 54.4 Å². The Morgan fingerprint density at radius 3 is 1.23 bits per heavy atom. The first kappa shape index (κ1) is 21.5. The third-order valence-electron chi connectivity index (χ3n) is 8.25. The van der Waals surface area contributed by atoms with Gasteiger partial charge >= 0.3 is 0 Å². The monoisotopic (exact) mass is 510 g/mol. The molecule has 5 aromatic carbocycles. The SMILES string of the molecule is c1ccc2c(-n3c4ccccc4c4c5c6ccccc6n(-c6cncc7ccccc67)c5ccc43)cncc2c1. The molecule has 0 amide bonds. The van der Waals surface area contributed by atoms with Crippen molar-refractivity contribution in [2.75, 3.05) is 0 Å². The molecule has 0 unspecified atom stereocenters. The lowest BCUT2D eigenvalue weighted by atomic mass is 10.1. The van der Waals surface area contributed by atoms with Gasteiger partial charge in [0.1, 0.15) is 0 Å². The molecular formula is C36H22N4. The average molecular weight is 511 g/mol. The number of rotatable bonds is 2. The lowest BCUT2D eigenvalue weighted by molar-refractivity contribution is 1.16. The third-order valence-corrected chi connectivity index (χ3v) is 8.25. The van der Waals surface area contributed by atoms with Gasteiger partial charge in [0, 0.05) is 55.5 Å². The molecule has 0 radical (unpaired) electrons. The summed E-state index contributed by atoms with van der Waals surface area (Å²) in [6, 6.07) is 39.0. The van der Waals surface area contributed by atoms with Crippen LogP contribution >= 0.6 is 0 Å². The van der Waals surface area contributed by atoms with Gasteiger partial charge in [0.15, 0.2) is 0 Å². The molecule has 4 heterocycles. The van der Waals surface area contributed by atoms with E-state index < -0.39 is 0 Å². The van der Waals surface area contributed by atoms with Crippen molar-refractivity contribution in [1.82, 2.24) is 19.1 Å². The molecule has 0 N–H and O–H groups in total. The summed E-state index contributed by atoms with van der Waals surface area (Å²) in [5.74, 6) is 0. The lowest BCUT2D eigenvalue weighted by Crippen LogP contribution is -1.97. The van der Waals surface area contributed by atoms with Crippen LogP contribution in [0, 0.1) is 0 Å².